The molecule has 158 valence electrons. The van der Waals surface area contributed by atoms with Crippen molar-refractivity contribution in [1.29, 1.82) is 0 Å². The van der Waals surface area contributed by atoms with Crippen LogP contribution in [0, 0.1) is 0 Å². The molecule has 30 heavy (non-hydrogen) atoms. The summed E-state index contributed by atoms with van der Waals surface area (Å²) < 4.78 is 5.10. The number of aryl methyl sites for hydroxylation is 1. The fraction of sp³-hybridized carbons (Fsp3) is 0.348. The lowest BCUT2D eigenvalue weighted by Crippen LogP contribution is -2.36. The maximum Gasteiger partial charge on any atom is 0.319 e. The van der Waals surface area contributed by atoms with Gasteiger partial charge in [0.1, 0.15) is 0 Å². The number of benzene rings is 2. The van der Waals surface area contributed by atoms with Crippen LogP contribution in [0.4, 0.5) is 10.5 Å². The molecule has 0 unspecified atom stereocenters. The van der Waals surface area contributed by atoms with Gasteiger partial charge in [-0.05, 0) is 42.5 Å². The van der Waals surface area contributed by atoms with Crippen LogP contribution in [0.25, 0.3) is 0 Å². The van der Waals surface area contributed by atoms with Gasteiger partial charge in [0.2, 0.25) is 0 Å². The van der Waals surface area contributed by atoms with Crippen LogP contribution in [0.1, 0.15) is 36.4 Å². The van der Waals surface area contributed by atoms with E-state index in [1.807, 2.05) is 30.3 Å². The van der Waals surface area contributed by atoms with E-state index in [2.05, 4.69) is 22.8 Å². The number of hydrogen-bond acceptors (Lipinski definition) is 4. The van der Waals surface area contributed by atoms with Crippen molar-refractivity contribution in [3.05, 3.63) is 65.7 Å². The minimum Gasteiger partial charge on any atom is -0.456 e. The largest absolute Gasteiger partial charge is 0.456 e. The molecule has 0 heterocycles. The van der Waals surface area contributed by atoms with Crippen molar-refractivity contribution in [2.45, 2.75) is 31.7 Å². The fourth-order valence-electron chi connectivity index (χ4n) is 3.60. The van der Waals surface area contributed by atoms with E-state index in [4.69, 9.17) is 4.74 Å². The molecule has 7 nitrogen and oxygen atoms in total. The normalized spacial score (nSPS) is 14.9. The number of nitrogens with zero attached hydrogens (tertiary/aromatic N) is 1. The first-order chi connectivity index (χ1) is 14.5. The van der Waals surface area contributed by atoms with Gasteiger partial charge in [-0.15, -0.1) is 0 Å². The average molecular weight is 409 g/mol. The smallest absolute Gasteiger partial charge is 0.319 e. The first kappa shape index (κ1) is 21.4. The Morgan fingerprint density at radius 1 is 1.07 bits per heavy atom. The van der Waals surface area contributed by atoms with Gasteiger partial charge in [-0.1, -0.05) is 42.5 Å². The lowest BCUT2D eigenvalue weighted by molar-refractivity contribution is -0.152. The SMILES string of the molecule is CN(C(=O)COC(=O)CCNC(=O)Nc1ccccc1)[C@@H]1CCCc2ccccc21. The molecule has 0 spiro atoms. The van der Waals surface area contributed by atoms with E-state index < -0.39 is 12.0 Å². The molecule has 2 aromatic rings. The summed E-state index contributed by atoms with van der Waals surface area (Å²) in [6.45, 7) is -0.179. The molecule has 1 aliphatic carbocycles. The standard InChI is InChI=1S/C23H27N3O4/c1-26(20-13-7-9-17-8-5-6-12-19(17)20)21(27)16-30-22(28)14-15-24-23(29)25-18-10-3-2-4-11-18/h2-6,8,10-12,20H,7,9,13-16H2,1H3,(H2,24,25,29)/t20-/m1/s1. The quantitative estimate of drug-likeness (QED) is 0.687. The summed E-state index contributed by atoms with van der Waals surface area (Å²) in [7, 11) is 1.75. The van der Waals surface area contributed by atoms with Crippen molar-refractivity contribution < 1.29 is 19.1 Å². The van der Waals surface area contributed by atoms with Crippen LogP contribution in [0.3, 0.4) is 0 Å². The van der Waals surface area contributed by atoms with Crippen LogP contribution < -0.4 is 10.6 Å². The zero-order chi connectivity index (χ0) is 21.3. The summed E-state index contributed by atoms with van der Waals surface area (Å²) >= 11 is 0. The Morgan fingerprint density at radius 2 is 1.80 bits per heavy atom. The number of para-hydroxylation sites is 1. The average Bonchev–Trinajstić information content (AvgIpc) is 2.77. The number of nitrogens with one attached hydrogen (secondary N) is 2. The lowest BCUT2D eigenvalue weighted by atomic mass is 9.87. The molecule has 3 amide bonds. The number of fused-ring (bicyclic) bond motifs is 1. The Kier molecular flexibility index (Phi) is 7.43. The van der Waals surface area contributed by atoms with Crippen molar-refractivity contribution >= 4 is 23.6 Å². The third-order valence-corrected chi connectivity index (χ3v) is 5.20. The summed E-state index contributed by atoms with van der Waals surface area (Å²) in [5.74, 6) is -0.763. The van der Waals surface area contributed by atoms with Crippen LogP contribution in [0.2, 0.25) is 0 Å². The van der Waals surface area contributed by atoms with Crippen molar-refractivity contribution in [2.24, 2.45) is 0 Å². The molecule has 0 fully saturated rings. The van der Waals surface area contributed by atoms with Crippen LogP contribution >= 0.6 is 0 Å². The summed E-state index contributed by atoms with van der Waals surface area (Å²) in [5.41, 5.74) is 3.10. The molecule has 0 aliphatic heterocycles. The number of likely N-dealkylation sites (N-methyl/N-ethyl adjacent to an activating group) is 1. The van der Waals surface area contributed by atoms with Crippen LogP contribution in [-0.4, -0.2) is 43.0 Å². The Bertz CT molecular complexity index is 885. The molecule has 2 aromatic carbocycles. The summed E-state index contributed by atoms with van der Waals surface area (Å²) in [4.78, 5) is 37.9. The van der Waals surface area contributed by atoms with Crippen molar-refractivity contribution in [2.75, 3.05) is 25.5 Å². The Balaban J connectivity index is 1.38. The second-order valence-corrected chi connectivity index (χ2v) is 7.27. The molecule has 7 heteroatoms. The summed E-state index contributed by atoms with van der Waals surface area (Å²) in [5, 5.41) is 5.25. The van der Waals surface area contributed by atoms with Crippen molar-refractivity contribution in [1.82, 2.24) is 10.2 Å². The monoisotopic (exact) mass is 409 g/mol. The number of rotatable bonds is 7. The van der Waals surface area contributed by atoms with Gasteiger partial charge in [-0.25, -0.2) is 4.79 Å². The third-order valence-electron chi connectivity index (χ3n) is 5.20. The van der Waals surface area contributed by atoms with E-state index in [1.54, 1.807) is 24.1 Å². The highest BCUT2D eigenvalue weighted by Crippen LogP contribution is 2.33. The van der Waals surface area contributed by atoms with Gasteiger partial charge >= 0.3 is 12.0 Å². The molecule has 2 N–H and O–H groups in total. The number of urea groups is 1. The second-order valence-electron chi connectivity index (χ2n) is 7.27. The number of esters is 1. The number of anilines is 1. The number of amides is 3. The predicted molar refractivity (Wildman–Crippen MR) is 114 cm³/mol. The number of carbonyl (C=O) groups excluding carboxylic acids is 3. The first-order valence-corrected chi connectivity index (χ1v) is 10.1. The fourth-order valence-corrected chi connectivity index (χ4v) is 3.60. The van der Waals surface area contributed by atoms with Crippen molar-refractivity contribution in [3.63, 3.8) is 0 Å². The number of carbonyl (C=O) groups is 3. The zero-order valence-electron chi connectivity index (χ0n) is 17.1. The van der Waals surface area contributed by atoms with E-state index in [1.165, 1.54) is 11.1 Å². The van der Waals surface area contributed by atoms with Crippen LogP contribution in [0.5, 0.6) is 0 Å². The van der Waals surface area contributed by atoms with Crippen molar-refractivity contribution in [3.8, 4) is 0 Å². The van der Waals surface area contributed by atoms with Gasteiger partial charge in [0.05, 0.1) is 12.5 Å². The maximum atomic E-state index is 12.5. The van der Waals surface area contributed by atoms with Gasteiger partial charge in [0.15, 0.2) is 6.61 Å². The minimum absolute atomic E-state index is 0.00417. The van der Waals surface area contributed by atoms with E-state index in [-0.39, 0.29) is 31.5 Å². The molecule has 0 radical (unpaired) electrons. The third kappa shape index (κ3) is 5.83. The lowest BCUT2D eigenvalue weighted by Gasteiger charge is -2.33. The maximum absolute atomic E-state index is 12.5. The summed E-state index contributed by atoms with van der Waals surface area (Å²) in [6.07, 6.45) is 2.93. The Hall–Kier alpha value is -3.35. The molecular weight excluding hydrogens is 382 g/mol. The van der Waals surface area contributed by atoms with Gasteiger partial charge in [0, 0.05) is 19.3 Å². The van der Waals surface area contributed by atoms with Gasteiger partial charge in [-0.2, -0.15) is 0 Å². The minimum atomic E-state index is -0.527. The Morgan fingerprint density at radius 3 is 2.60 bits per heavy atom. The topological polar surface area (TPSA) is 87.7 Å². The molecule has 1 atom stereocenters. The van der Waals surface area contributed by atoms with Crippen LogP contribution in [-0.2, 0) is 20.7 Å². The van der Waals surface area contributed by atoms with E-state index in [9.17, 15) is 14.4 Å². The van der Waals surface area contributed by atoms with E-state index in [0.717, 1.165) is 19.3 Å². The molecule has 0 bridgehead atoms. The highest BCUT2D eigenvalue weighted by Gasteiger charge is 2.26. The van der Waals surface area contributed by atoms with Crippen LogP contribution in [0.15, 0.2) is 54.6 Å². The van der Waals surface area contributed by atoms with E-state index >= 15 is 0 Å². The molecular formula is C23H27N3O4. The van der Waals surface area contributed by atoms with Gasteiger partial charge in [-0.3, -0.25) is 9.59 Å². The number of ether oxygens (including phenoxy) is 1. The molecule has 0 saturated heterocycles. The van der Waals surface area contributed by atoms with Gasteiger partial charge in [0.25, 0.3) is 5.91 Å². The highest BCUT2D eigenvalue weighted by molar-refractivity contribution is 5.89. The molecule has 3 rings (SSSR count). The second kappa shape index (κ2) is 10.4. The summed E-state index contributed by atoms with van der Waals surface area (Å²) in [6, 6.07) is 16.8. The van der Waals surface area contributed by atoms with Gasteiger partial charge < -0.3 is 20.3 Å². The highest BCUT2D eigenvalue weighted by atomic mass is 16.5. The zero-order valence-corrected chi connectivity index (χ0v) is 17.1. The predicted octanol–water partition coefficient (Wildman–Crippen LogP) is 3.28. The Labute approximate surface area is 176 Å². The number of hydrogen-bond donors (Lipinski definition) is 2. The first-order valence-electron chi connectivity index (χ1n) is 10.1. The molecule has 0 saturated carbocycles. The van der Waals surface area contributed by atoms with E-state index in [0.29, 0.717) is 5.69 Å². The molecule has 1 aliphatic rings. The molecule has 0 aromatic heterocycles.